The number of carbonyl (C=O) groups is 1. The van der Waals surface area contributed by atoms with Gasteiger partial charge in [0.15, 0.2) is 0 Å². The summed E-state index contributed by atoms with van der Waals surface area (Å²) >= 11 is 0. The Morgan fingerprint density at radius 2 is 2.24 bits per heavy atom. The van der Waals surface area contributed by atoms with Gasteiger partial charge in [-0.05, 0) is 43.9 Å². The molecule has 1 aromatic rings. The number of hydrogen-bond acceptors (Lipinski definition) is 2. The summed E-state index contributed by atoms with van der Waals surface area (Å²) in [6.07, 6.45) is 2.66. The van der Waals surface area contributed by atoms with Crippen LogP contribution in [0, 0.1) is 23.6 Å². The summed E-state index contributed by atoms with van der Waals surface area (Å²) in [6.45, 7) is 3.29. The maximum absolute atomic E-state index is 13.4. The highest BCUT2D eigenvalue weighted by atomic mass is 19.1. The molecule has 0 unspecified atom stereocenters. The Morgan fingerprint density at radius 1 is 1.48 bits per heavy atom. The second-order valence-electron chi connectivity index (χ2n) is 5.25. The molecule has 1 fully saturated rings. The van der Waals surface area contributed by atoms with Crippen molar-refractivity contribution in [1.82, 2.24) is 4.90 Å². The Labute approximate surface area is 124 Å². The predicted molar refractivity (Wildman–Crippen MR) is 79.3 cm³/mol. The van der Waals surface area contributed by atoms with Crippen molar-refractivity contribution in [3.8, 4) is 11.8 Å². The average Bonchev–Trinajstić information content (AvgIpc) is 3.28. The second-order valence-corrected chi connectivity index (χ2v) is 5.25. The third kappa shape index (κ3) is 4.30. The van der Waals surface area contributed by atoms with Gasteiger partial charge in [-0.15, -0.1) is 0 Å². The van der Waals surface area contributed by atoms with Crippen LogP contribution in [0.1, 0.15) is 42.1 Å². The standard InChI is InChI=1S/C17H20FNO2/c1-2-19(12-13-6-7-13)17(21)16-9-8-15(18)11-14(16)5-3-4-10-20/h8-9,11,13,20H,2,4,6-7,10,12H2,1H3. The van der Waals surface area contributed by atoms with Crippen LogP contribution < -0.4 is 0 Å². The molecule has 21 heavy (non-hydrogen) atoms. The van der Waals surface area contributed by atoms with Crippen molar-refractivity contribution in [2.75, 3.05) is 19.7 Å². The minimum Gasteiger partial charge on any atom is -0.395 e. The number of benzene rings is 1. The van der Waals surface area contributed by atoms with Crippen LogP contribution in [0.3, 0.4) is 0 Å². The monoisotopic (exact) mass is 289 g/mol. The number of nitrogens with zero attached hydrogens (tertiary/aromatic N) is 1. The maximum Gasteiger partial charge on any atom is 0.255 e. The molecule has 1 aliphatic rings. The minimum atomic E-state index is -0.412. The molecule has 0 radical (unpaired) electrons. The fourth-order valence-electron chi connectivity index (χ4n) is 2.16. The van der Waals surface area contributed by atoms with E-state index in [0.717, 1.165) is 6.54 Å². The summed E-state index contributed by atoms with van der Waals surface area (Å²) in [6, 6.07) is 4.06. The van der Waals surface area contributed by atoms with E-state index in [0.29, 0.717) is 30.0 Å². The Hall–Kier alpha value is -1.86. The molecule has 112 valence electrons. The Kier molecular flexibility index (Phi) is 5.35. The van der Waals surface area contributed by atoms with Gasteiger partial charge in [0.05, 0.1) is 12.2 Å². The molecule has 0 saturated heterocycles. The Morgan fingerprint density at radius 3 is 2.86 bits per heavy atom. The van der Waals surface area contributed by atoms with Gasteiger partial charge in [-0.2, -0.15) is 0 Å². The van der Waals surface area contributed by atoms with Crippen LogP contribution >= 0.6 is 0 Å². The van der Waals surface area contributed by atoms with Gasteiger partial charge >= 0.3 is 0 Å². The molecule has 0 spiro atoms. The third-order valence-corrected chi connectivity index (χ3v) is 3.52. The molecule has 1 aromatic carbocycles. The molecule has 4 heteroatoms. The van der Waals surface area contributed by atoms with E-state index < -0.39 is 5.82 Å². The lowest BCUT2D eigenvalue weighted by atomic mass is 10.1. The normalized spacial score (nSPS) is 13.5. The van der Waals surface area contributed by atoms with E-state index in [4.69, 9.17) is 5.11 Å². The highest BCUT2D eigenvalue weighted by Crippen LogP contribution is 2.30. The molecular weight excluding hydrogens is 269 g/mol. The predicted octanol–water partition coefficient (Wildman–Crippen LogP) is 2.43. The van der Waals surface area contributed by atoms with Gasteiger partial charge in [-0.1, -0.05) is 11.8 Å². The quantitative estimate of drug-likeness (QED) is 0.846. The van der Waals surface area contributed by atoms with Gasteiger partial charge in [0.2, 0.25) is 0 Å². The van der Waals surface area contributed by atoms with E-state index in [1.807, 2.05) is 6.92 Å². The molecule has 3 nitrogen and oxygen atoms in total. The van der Waals surface area contributed by atoms with E-state index >= 15 is 0 Å². The molecule has 1 aliphatic carbocycles. The van der Waals surface area contributed by atoms with Gasteiger partial charge < -0.3 is 10.0 Å². The first kappa shape index (κ1) is 15.5. The van der Waals surface area contributed by atoms with Crippen molar-refractivity contribution in [3.63, 3.8) is 0 Å². The van der Waals surface area contributed by atoms with E-state index in [1.54, 1.807) is 4.90 Å². The SMILES string of the molecule is CCN(CC1CC1)C(=O)c1ccc(F)cc1C#CCCO. The largest absolute Gasteiger partial charge is 0.395 e. The summed E-state index contributed by atoms with van der Waals surface area (Å²) in [7, 11) is 0. The third-order valence-electron chi connectivity index (χ3n) is 3.52. The van der Waals surface area contributed by atoms with Gasteiger partial charge in [-0.25, -0.2) is 4.39 Å². The molecule has 0 atom stereocenters. The molecule has 1 amide bonds. The fraction of sp³-hybridized carbons (Fsp3) is 0.471. The number of hydrogen-bond donors (Lipinski definition) is 1. The number of halogens is 1. The number of aliphatic hydroxyl groups is 1. The van der Waals surface area contributed by atoms with Gasteiger partial charge in [-0.3, -0.25) is 4.79 Å². The van der Waals surface area contributed by atoms with Crippen LogP contribution in [0.5, 0.6) is 0 Å². The lowest BCUT2D eigenvalue weighted by Gasteiger charge is -2.21. The van der Waals surface area contributed by atoms with Gasteiger partial charge in [0, 0.05) is 25.1 Å². The summed E-state index contributed by atoms with van der Waals surface area (Å²) in [4.78, 5) is 14.4. The summed E-state index contributed by atoms with van der Waals surface area (Å²) in [5.74, 6) is 5.63. The minimum absolute atomic E-state index is 0.0473. The number of aliphatic hydroxyl groups excluding tert-OH is 1. The molecule has 0 aliphatic heterocycles. The van der Waals surface area contributed by atoms with Crippen molar-refractivity contribution in [3.05, 3.63) is 35.1 Å². The van der Waals surface area contributed by atoms with Crippen LogP contribution in [0.15, 0.2) is 18.2 Å². The molecule has 0 bridgehead atoms. The fourth-order valence-corrected chi connectivity index (χ4v) is 2.16. The molecule has 1 saturated carbocycles. The number of carbonyl (C=O) groups excluding carboxylic acids is 1. The van der Waals surface area contributed by atoms with Gasteiger partial charge in [0.25, 0.3) is 5.91 Å². The van der Waals surface area contributed by atoms with Gasteiger partial charge in [0.1, 0.15) is 5.82 Å². The van der Waals surface area contributed by atoms with Crippen LogP contribution in [-0.4, -0.2) is 35.6 Å². The Bertz CT molecular complexity index is 570. The number of amides is 1. The zero-order valence-electron chi connectivity index (χ0n) is 12.2. The van der Waals surface area contributed by atoms with Crippen molar-refractivity contribution >= 4 is 5.91 Å². The van der Waals surface area contributed by atoms with Crippen LogP contribution in [0.25, 0.3) is 0 Å². The van der Waals surface area contributed by atoms with Crippen molar-refractivity contribution in [2.45, 2.75) is 26.2 Å². The van der Waals surface area contributed by atoms with E-state index in [2.05, 4.69) is 11.8 Å². The lowest BCUT2D eigenvalue weighted by molar-refractivity contribution is 0.0756. The zero-order chi connectivity index (χ0) is 15.2. The highest BCUT2D eigenvalue weighted by molar-refractivity contribution is 5.96. The number of rotatable bonds is 5. The molecular formula is C17H20FNO2. The lowest BCUT2D eigenvalue weighted by Crippen LogP contribution is -2.33. The van der Waals surface area contributed by atoms with E-state index in [9.17, 15) is 9.18 Å². The van der Waals surface area contributed by atoms with E-state index in [1.165, 1.54) is 31.0 Å². The summed E-state index contributed by atoms with van der Waals surface area (Å²) in [5.41, 5.74) is 0.826. The van der Waals surface area contributed by atoms with Crippen LogP contribution in [0.2, 0.25) is 0 Å². The van der Waals surface area contributed by atoms with Crippen LogP contribution in [-0.2, 0) is 0 Å². The van der Waals surface area contributed by atoms with E-state index in [-0.39, 0.29) is 12.5 Å². The second kappa shape index (κ2) is 7.24. The highest BCUT2D eigenvalue weighted by Gasteiger charge is 2.27. The first-order chi connectivity index (χ1) is 10.2. The smallest absolute Gasteiger partial charge is 0.255 e. The molecule has 2 rings (SSSR count). The average molecular weight is 289 g/mol. The molecule has 1 N–H and O–H groups in total. The van der Waals surface area contributed by atoms with Crippen molar-refractivity contribution in [1.29, 1.82) is 0 Å². The first-order valence-electron chi connectivity index (χ1n) is 7.34. The maximum atomic E-state index is 13.4. The topological polar surface area (TPSA) is 40.5 Å². The summed E-state index contributed by atoms with van der Waals surface area (Å²) in [5, 5.41) is 8.76. The molecule has 0 aromatic heterocycles. The van der Waals surface area contributed by atoms with Crippen LogP contribution in [0.4, 0.5) is 4.39 Å². The van der Waals surface area contributed by atoms with Crippen molar-refractivity contribution in [2.24, 2.45) is 5.92 Å². The summed E-state index contributed by atoms with van der Waals surface area (Å²) < 4.78 is 13.4. The molecule has 0 heterocycles. The van der Waals surface area contributed by atoms with Crippen molar-refractivity contribution < 1.29 is 14.3 Å². The first-order valence-corrected chi connectivity index (χ1v) is 7.34. The zero-order valence-corrected chi connectivity index (χ0v) is 12.2. The Balaban J connectivity index is 2.24.